The lowest BCUT2D eigenvalue weighted by Crippen LogP contribution is -2.02. The molecule has 1 nitrogen and oxygen atoms in total. The minimum absolute atomic E-state index is 0.219. The van der Waals surface area contributed by atoms with E-state index in [0.29, 0.717) is 0 Å². The highest BCUT2D eigenvalue weighted by molar-refractivity contribution is 9.10. The summed E-state index contributed by atoms with van der Waals surface area (Å²) in [5.41, 5.74) is 0.949. The molecule has 88 valence electrons. The lowest BCUT2D eigenvalue weighted by atomic mass is 10.2. The number of anilines is 1. The average Bonchev–Trinajstić information content (AvgIpc) is 2.26. The number of hydrogen-bond donors (Lipinski definition) is 1. The maximum absolute atomic E-state index is 12.8. The minimum atomic E-state index is -0.219. The van der Waals surface area contributed by atoms with Crippen molar-refractivity contribution in [3.63, 3.8) is 0 Å². The molecule has 0 radical (unpaired) electrons. The maximum Gasteiger partial charge on any atom is 0.124 e. The Balaban J connectivity index is 2.24. The van der Waals surface area contributed by atoms with E-state index in [9.17, 15) is 4.39 Å². The normalized spacial score (nSPS) is 10.1. The second-order valence-corrected chi connectivity index (χ2v) is 4.54. The van der Waals surface area contributed by atoms with Crippen LogP contribution in [-0.2, 0) is 0 Å². The van der Waals surface area contributed by atoms with Gasteiger partial charge in [-0.15, -0.1) is 6.58 Å². The fourth-order valence-corrected chi connectivity index (χ4v) is 1.94. The van der Waals surface area contributed by atoms with Crippen LogP contribution in [0, 0.1) is 5.82 Å². The number of benzene rings is 1. The van der Waals surface area contributed by atoms with E-state index in [4.69, 9.17) is 0 Å². The molecule has 0 saturated heterocycles. The Bertz CT molecular complexity index is 339. The van der Waals surface area contributed by atoms with Gasteiger partial charge in [0.15, 0.2) is 0 Å². The molecule has 0 aliphatic heterocycles. The molecule has 0 atom stereocenters. The summed E-state index contributed by atoms with van der Waals surface area (Å²) in [4.78, 5) is 0. The number of halogens is 2. The topological polar surface area (TPSA) is 12.0 Å². The van der Waals surface area contributed by atoms with Crippen molar-refractivity contribution in [2.24, 2.45) is 0 Å². The van der Waals surface area contributed by atoms with Crippen LogP contribution in [0.15, 0.2) is 35.3 Å². The van der Waals surface area contributed by atoms with Crippen molar-refractivity contribution in [3.05, 3.63) is 41.1 Å². The molecule has 1 N–H and O–H groups in total. The first kappa shape index (κ1) is 13.2. The molecule has 1 rings (SSSR count). The monoisotopic (exact) mass is 285 g/mol. The molecule has 0 aliphatic carbocycles. The third-order valence-corrected chi connectivity index (χ3v) is 2.99. The highest BCUT2D eigenvalue weighted by atomic mass is 79.9. The lowest BCUT2D eigenvalue weighted by Gasteiger charge is -2.08. The lowest BCUT2D eigenvalue weighted by molar-refractivity contribution is 0.627. The summed E-state index contributed by atoms with van der Waals surface area (Å²) in [5, 5.41) is 3.28. The Hall–Kier alpha value is -0.830. The van der Waals surface area contributed by atoms with Crippen LogP contribution < -0.4 is 5.32 Å². The molecule has 0 aliphatic rings. The fourth-order valence-electron chi connectivity index (χ4n) is 1.45. The Morgan fingerprint density at radius 2 is 2.12 bits per heavy atom. The smallest absolute Gasteiger partial charge is 0.124 e. The standard InChI is InChI=1S/C13H17BrFN/c1-2-3-4-5-6-9-16-13-8-7-11(15)10-12(13)14/h2,7-8,10,16H,1,3-6,9H2. The molecule has 0 unspecified atom stereocenters. The van der Waals surface area contributed by atoms with Crippen molar-refractivity contribution in [1.82, 2.24) is 0 Å². The SMILES string of the molecule is C=CCCCCCNc1ccc(F)cc1Br. The minimum Gasteiger partial charge on any atom is -0.384 e. The van der Waals surface area contributed by atoms with E-state index in [0.717, 1.165) is 29.5 Å². The highest BCUT2D eigenvalue weighted by Gasteiger charge is 1.99. The van der Waals surface area contributed by atoms with Crippen molar-refractivity contribution >= 4 is 21.6 Å². The highest BCUT2D eigenvalue weighted by Crippen LogP contribution is 2.22. The molecule has 1 aromatic rings. The Morgan fingerprint density at radius 1 is 1.31 bits per heavy atom. The maximum atomic E-state index is 12.8. The Kier molecular flexibility index (Phi) is 6.16. The first-order valence-corrected chi connectivity index (χ1v) is 6.33. The van der Waals surface area contributed by atoms with Crippen LogP contribution in [-0.4, -0.2) is 6.54 Å². The zero-order valence-corrected chi connectivity index (χ0v) is 10.9. The van der Waals surface area contributed by atoms with Gasteiger partial charge in [-0.1, -0.05) is 12.5 Å². The van der Waals surface area contributed by atoms with Crippen molar-refractivity contribution in [2.45, 2.75) is 25.7 Å². The average molecular weight is 286 g/mol. The molecule has 0 aromatic heterocycles. The van der Waals surface area contributed by atoms with Crippen LogP contribution in [0.3, 0.4) is 0 Å². The van der Waals surface area contributed by atoms with Gasteiger partial charge in [0.05, 0.1) is 0 Å². The van der Waals surface area contributed by atoms with Crippen LogP contribution in [0.25, 0.3) is 0 Å². The molecule has 0 heterocycles. The van der Waals surface area contributed by atoms with Gasteiger partial charge in [-0.05, 0) is 53.4 Å². The summed E-state index contributed by atoms with van der Waals surface area (Å²) >= 11 is 3.33. The van der Waals surface area contributed by atoms with Crippen molar-refractivity contribution in [3.8, 4) is 0 Å². The van der Waals surface area contributed by atoms with Crippen LogP contribution in [0.1, 0.15) is 25.7 Å². The van der Waals surface area contributed by atoms with Crippen LogP contribution in [0.2, 0.25) is 0 Å². The van der Waals surface area contributed by atoms with Crippen LogP contribution in [0.5, 0.6) is 0 Å². The summed E-state index contributed by atoms with van der Waals surface area (Å²) in [6, 6.07) is 4.69. The first-order chi connectivity index (χ1) is 7.74. The molecular formula is C13H17BrFN. The van der Waals surface area contributed by atoms with E-state index in [2.05, 4.69) is 27.8 Å². The van der Waals surface area contributed by atoms with E-state index in [1.165, 1.54) is 25.0 Å². The molecule has 3 heteroatoms. The summed E-state index contributed by atoms with van der Waals surface area (Å²) in [5.74, 6) is -0.219. The van der Waals surface area contributed by atoms with Gasteiger partial charge < -0.3 is 5.32 Å². The number of hydrogen-bond acceptors (Lipinski definition) is 1. The van der Waals surface area contributed by atoms with Gasteiger partial charge in [-0.25, -0.2) is 4.39 Å². The molecule has 1 aromatic carbocycles. The van der Waals surface area contributed by atoms with Gasteiger partial charge >= 0.3 is 0 Å². The van der Waals surface area contributed by atoms with Gasteiger partial charge in [-0.3, -0.25) is 0 Å². The summed E-state index contributed by atoms with van der Waals surface area (Å²) in [7, 11) is 0. The van der Waals surface area contributed by atoms with E-state index in [-0.39, 0.29) is 5.82 Å². The van der Waals surface area contributed by atoms with Gasteiger partial charge in [0.2, 0.25) is 0 Å². The van der Waals surface area contributed by atoms with Crippen molar-refractivity contribution in [1.29, 1.82) is 0 Å². The quantitative estimate of drug-likeness (QED) is 0.563. The zero-order chi connectivity index (χ0) is 11.8. The summed E-state index contributed by atoms with van der Waals surface area (Å²) in [6.07, 6.45) is 6.54. The van der Waals surface area contributed by atoms with Crippen molar-refractivity contribution < 1.29 is 4.39 Å². The fraction of sp³-hybridized carbons (Fsp3) is 0.385. The zero-order valence-electron chi connectivity index (χ0n) is 9.31. The largest absolute Gasteiger partial charge is 0.384 e. The summed E-state index contributed by atoms with van der Waals surface area (Å²) in [6.45, 7) is 4.61. The molecular weight excluding hydrogens is 269 g/mol. The molecule has 0 bridgehead atoms. The Morgan fingerprint density at radius 3 is 2.81 bits per heavy atom. The van der Waals surface area contributed by atoms with Gasteiger partial charge in [-0.2, -0.15) is 0 Å². The third kappa shape index (κ3) is 4.79. The van der Waals surface area contributed by atoms with Crippen LogP contribution >= 0.6 is 15.9 Å². The molecule has 0 spiro atoms. The number of allylic oxidation sites excluding steroid dienone is 1. The molecule has 0 saturated carbocycles. The molecule has 0 fully saturated rings. The second-order valence-electron chi connectivity index (χ2n) is 3.69. The third-order valence-electron chi connectivity index (χ3n) is 2.33. The number of nitrogens with one attached hydrogen (secondary N) is 1. The second kappa shape index (κ2) is 7.44. The number of rotatable bonds is 7. The van der Waals surface area contributed by atoms with E-state index < -0.39 is 0 Å². The molecule has 16 heavy (non-hydrogen) atoms. The van der Waals surface area contributed by atoms with E-state index >= 15 is 0 Å². The molecule has 0 amide bonds. The predicted molar refractivity (Wildman–Crippen MR) is 71.3 cm³/mol. The van der Waals surface area contributed by atoms with E-state index in [1.807, 2.05) is 6.08 Å². The predicted octanol–water partition coefficient (Wildman–Crippen LogP) is 4.75. The van der Waals surface area contributed by atoms with Gasteiger partial charge in [0, 0.05) is 16.7 Å². The van der Waals surface area contributed by atoms with Gasteiger partial charge in [0.1, 0.15) is 5.82 Å². The Labute approximate surface area is 105 Å². The summed E-state index contributed by atoms with van der Waals surface area (Å²) < 4.78 is 13.6. The van der Waals surface area contributed by atoms with E-state index in [1.54, 1.807) is 6.07 Å². The van der Waals surface area contributed by atoms with Crippen LogP contribution in [0.4, 0.5) is 10.1 Å². The number of unbranched alkanes of at least 4 members (excludes halogenated alkanes) is 3. The van der Waals surface area contributed by atoms with Crippen molar-refractivity contribution in [2.75, 3.05) is 11.9 Å². The van der Waals surface area contributed by atoms with Gasteiger partial charge in [0.25, 0.3) is 0 Å². The first-order valence-electron chi connectivity index (χ1n) is 5.54.